The highest BCUT2D eigenvalue weighted by molar-refractivity contribution is 7.17. The van der Waals surface area contributed by atoms with Crippen molar-refractivity contribution in [1.29, 1.82) is 0 Å². The van der Waals surface area contributed by atoms with E-state index in [2.05, 4.69) is 29.1 Å². The summed E-state index contributed by atoms with van der Waals surface area (Å²) in [6, 6.07) is 0. The number of hydrogen-bond donors (Lipinski definition) is 1. The summed E-state index contributed by atoms with van der Waals surface area (Å²) in [6.45, 7) is 4.88. The van der Waals surface area contributed by atoms with Crippen molar-refractivity contribution < 1.29 is 9.59 Å². The molecule has 7 nitrogen and oxygen atoms in total. The molecule has 130 valence electrons. The molecule has 3 aromatic rings. The van der Waals surface area contributed by atoms with Crippen molar-refractivity contribution in [3.8, 4) is 0 Å². The molecule has 4 rings (SSSR count). The smallest absolute Gasteiger partial charge is 0.229 e. The Bertz CT molecular complexity index is 943. The van der Waals surface area contributed by atoms with Gasteiger partial charge in [-0.1, -0.05) is 0 Å². The minimum atomic E-state index is -0.343. The summed E-state index contributed by atoms with van der Waals surface area (Å²) in [5.41, 5.74) is 1.99. The average Bonchev–Trinajstić information content (AvgIpc) is 3.33. The Morgan fingerprint density at radius 2 is 2.28 bits per heavy atom. The van der Waals surface area contributed by atoms with E-state index in [1.807, 2.05) is 16.0 Å². The molecule has 4 heterocycles. The largest absolute Gasteiger partial charge is 0.350 e. The monoisotopic (exact) mass is 375 g/mol. The lowest BCUT2D eigenvalue weighted by Crippen LogP contribution is -2.32. The normalized spacial score (nSPS) is 17.6. The van der Waals surface area contributed by atoms with Gasteiger partial charge in [-0.25, -0.2) is 9.97 Å². The lowest BCUT2D eigenvalue weighted by molar-refractivity contribution is -0.126. The molecular formula is C16H17N5O2S2. The molecule has 2 amide bonds. The number of nitrogens with one attached hydrogen (secondary N) is 1. The number of carbonyl (C=O) groups excluding carboxylic acids is 2. The van der Waals surface area contributed by atoms with E-state index in [0.717, 1.165) is 10.7 Å². The average molecular weight is 375 g/mol. The second-order valence-electron chi connectivity index (χ2n) is 6.07. The first-order valence-corrected chi connectivity index (χ1v) is 9.64. The van der Waals surface area contributed by atoms with Crippen LogP contribution in [0.5, 0.6) is 0 Å². The molecule has 1 aliphatic heterocycles. The van der Waals surface area contributed by atoms with Crippen LogP contribution in [0.25, 0.3) is 4.96 Å². The molecule has 0 radical (unpaired) electrons. The predicted molar refractivity (Wildman–Crippen MR) is 97.0 cm³/mol. The fraction of sp³-hybridized carbons (Fsp3) is 0.375. The van der Waals surface area contributed by atoms with Crippen molar-refractivity contribution in [2.24, 2.45) is 5.92 Å². The molecule has 25 heavy (non-hydrogen) atoms. The zero-order chi connectivity index (χ0) is 17.6. The topological polar surface area (TPSA) is 79.6 Å². The number of amides is 2. The molecule has 0 aromatic carbocycles. The Labute approximate surface area is 152 Å². The third kappa shape index (κ3) is 2.93. The molecule has 1 atom stereocenters. The number of aromatic nitrogens is 3. The van der Waals surface area contributed by atoms with Gasteiger partial charge < -0.3 is 5.32 Å². The zero-order valence-electron chi connectivity index (χ0n) is 13.9. The van der Waals surface area contributed by atoms with Gasteiger partial charge in [0.2, 0.25) is 11.8 Å². The van der Waals surface area contributed by atoms with E-state index in [0.29, 0.717) is 18.2 Å². The summed E-state index contributed by atoms with van der Waals surface area (Å²) in [7, 11) is 0. The second-order valence-corrected chi connectivity index (χ2v) is 8.12. The van der Waals surface area contributed by atoms with Gasteiger partial charge in [-0.05, 0) is 13.8 Å². The molecule has 1 fully saturated rings. The van der Waals surface area contributed by atoms with Crippen LogP contribution in [0, 0.1) is 19.8 Å². The van der Waals surface area contributed by atoms with E-state index in [1.54, 1.807) is 22.4 Å². The van der Waals surface area contributed by atoms with Crippen LogP contribution in [-0.2, 0) is 16.1 Å². The van der Waals surface area contributed by atoms with Crippen molar-refractivity contribution in [1.82, 2.24) is 19.7 Å². The number of nitrogens with zero attached hydrogens (tertiary/aromatic N) is 4. The van der Waals surface area contributed by atoms with Crippen molar-refractivity contribution in [2.75, 3.05) is 11.4 Å². The fourth-order valence-electron chi connectivity index (χ4n) is 2.93. The summed E-state index contributed by atoms with van der Waals surface area (Å²) in [4.78, 5) is 37.0. The van der Waals surface area contributed by atoms with Crippen LogP contribution >= 0.6 is 22.7 Å². The molecule has 1 aliphatic rings. The van der Waals surface area contributed by atoms with Crippen LogP contribution < -0.4 is 10.2 Å². The number of hydrogen-bond acceptors (Lipinski definition) is 6. The molecule has 0 spiro atoms. The summed E-state index contributed by atoms with van der Waals surface area (Å²) >= 11 is 3.04. The maximum atomic E-state index is 12.4. The van der Waals surface area contributed by atoms with Crippen LogP contribution in [0.15, 0.2) is 17.8 Å². The van der Waals surface area contributed by atoms with Gasteiger partial charge in [0.1, 0.15) is 0 Å². The SMILES string of the molecule is Cc1sc2nc(CNC(=O)C3CC(=O)N(c4nccs4)C3)cn2c1C. The van der Waals surface area contributed by atoms with Crippen molar-refractivity contribution in [2.45, 2.75) is 26.8 Å². The molecule has 1 N–H and O–H groups in total. The molecule has 0 aliphatic carbocycles. The number of thiazole rings is 2. The Kier molecular flexibility index (Phi) is 4.04. The highest BCUT2D eigenvalue weighted by Gasteiger charge is 2.36. The van der Waals surface area contributed by atoms with Crippen LogP contribution in [-0.4, -0.2) is 32.7 Å². The highest BCUT2D eigenvalue weighted by Crippen LogP contribution is 2.27. The second kappa shape index (κ2) is 6.23. The molecule has 1 unspecified atom stereocenters. The van der Waals surface area contributed by atoms with Gasteiger partial charge in [0, 0.05) is 41.3 Å². The van der Waals surface area contributed by atoms with E-state index in [4.69, 9.17) is 0 Å². The Morgan fingerprint density at radius 3 is 3.00 bits per heavy atom. The van der Waals surface area contributed by atoms with E-state index in [1.165, 1.54) is 21.9 Å². The van der Waals surface area contributed by atoms with Crippen molar-refractivity contribution >= 4 is 44.6 Å². The van der Waals surface area contributed by atoms with Gasteiger partial charge >= 0.3 is 0 Å². The van der Waals surface area contributed by atoms with Gasteiger partial charge in [-0.15, -0.1) is 22.7 Å². The summed E-state index contributed by atoms with van der Waals surface area (Å²) in [5, 5.41) is 5.38. The Hall–Kier alpha value is -2.26. The van der Waals surface area contributed by atoms with Gasteiger partial charge in [0.05, 0.1) is 18.2 Å². The number of fused-ring (bicyclic) bond motifs is 1. The molecule has 0 bridgehead atoms. The first-order valence-electron chi connectivity index (χ1n) is 7.94. The number of anilines is 1. The quantitative estimate of drug-likeness (QED) is 0.758. The minimum Gasteiger partial charge on any atom is -0.350 e. The first-order chi connectivity index (χ1) is 12.0. The summed E-state index contributed by atoms with van der Waals surface area (Å²) in [5.74, 6) is -0.510. The van der Waals surface area contributed by atoms with E-state index in [-0.39, 0.29) is 24.2 Å². The van der Waals surface area contributed by atoms with Gasteiger partial charge in [-0.3, -0.25) is 18.9 Å². The first kappa shape index (κ1) is 16.2. The van der Waals surface area contributed by atoms with Gasteiger partial charge in [0.25, 0.3) is 0 Å². The highest BCUT2D eigenvalue weighted by atomic mass is 32.1. The predicted octanol–water partition coefficient (Wildman–Crippen LogP) is 2.14. The Morgan fingerprint density at radius 1 is 1.44 bits per heavy atom. The number of aryl methyl sites for hydroxylation is 2. The number of rotatable bonds is 4. The lowest BCUT2D eigenvalue weighted by Gasteiger charge is -2.12. The third-order valence-electron chi connectivity index (χ3n) is 4.43. The minimum absolute atomic E-state index is 0.0521. The summed E-state index contributed by atoms with van der Waals surface area (Å²) < 4.78 is 2.05. The van der Waals surface area contributed by atoms with E-state index in [9.17, 15) is 9.59 Å². The van der Waals surface area contributed by atoms with Crippen LogP contribution in [0.4, 0.5) is 5.13 Å². The molecule has 9 heteroatoms. The van der Waals surface area contributed by atoms with E-state index >= 15 is 0 Å². The molecule has 3 aromatic heterocycles. The number of imidazole rings is 1. The zero-order valence-corrected chi connectivity index (χ0v) is 15.5. The van der Waals surface area contributed by atoms with Crippen LogP contribution in [0.1, 0.15) is 22.7 Å². The van der Waals surface area contributed by atoms with E-state index < -0.39 is 0 Å². The van der Waals surface area contributed by atoms with Crippen LogP contribution in [0.2, 0.25) is 0 Å². The third-order valence-corrected chi connectivity index (χ3v) is 6.30. The number of carbonyl (C=O) groups is 2. The standard InChI is InChI=1S/C16H17N5O2S2/c1-9-10(2)25-16-19-12(8-20(9)16)6-18-14(23)11-5-13(22)21(7-11)15-17-3-4-24-15/h3-4,8,11H,5-7H2,1-2H3,(H,18,23). The van der Waals surface area contributed by atoms with Crippen LogP contribution in [0.3, 0.4) is 0 Å². The fourth-order valence-corrected chi connectivity index (χ4v) is 4.57. The maximum Gasteiger partial charge on any atom is 0.229 e. The molecule has 1 saturated heterocycles. The Balaban J connectivity index is 1.39. The lowest BCUT2D eigenvalue weighted by atomic mass is 10.1. The van der Waals surface area contributed by atoms with Crippen molar-refractivity contribution in [3.05, 3.63) is 34.0 Å². The maximum absolute atomic E-state index is 12.4. The molecule has 0 saturated carbocycles. The van der Waals surface area contributed by atoms with Gasteiger partial charge in [-0.2, -0.15) is 0 Å². The molecular weight excluding hydrogens is 358 g/mol. The van der Waals surface area contributed by atoms with Gasteiger partial charge in [0.15, 0.2) is 10.1 Å². The van der Waals surface area contributed by atoms with Crippen molar-refractivity contribution in [3.63, 3.8) is 0 Å². The summed E-state index contributed by atoms with van der Waals surface area (Å²) in [6.07, 6.45) is 3.84.